The van der Waals surface area contributed by atoms with Crippen LogP contribution in [0.15, 0.2) is 0 Å². The Labute approximate surface area is 79.5 Å². The summed E-state index contributed by atoms with van der Waals surface area (Å²) in [5, 5.41) is 12.6. The fourth-order valence-electron chi connectivity index (χ4n) is 1.96. The summed E-state index contributed by atoms with van der Waals surface area (Å²) >= 11 is 0. The van der Waals surface area contributed by atoms with Crippen LogP contribution < -0.4 is 5.32 Å². The smallest absolute Gasteiger partial charge is 0.0755 e. The molecule has 1 aliphatic carbocycles. The van der Waals surface area contributed by atoms with Crippen molar-refractivity contribution in [3.05, 3.63) is 0 Å². The van der Waals surface area contributed by atoms with Gasteiger partial charge in [-0.1, -0.05) is 0 Å². The van der Waals surface area contributed by atoms with Gasteiger partial charge in [-0.15, -0.1) is 0 Å². The van der Waals surface area contributed by atoms with Gasteiger partial charge < -0.3 is 15.2 Å². The van der Waals surface area contributed by atoms with Crippen LogP contribution in [-0.2, 0) is 4.74 Å². The molecule has 2 N–H and O–H groups in total. The van der Waals surface area contributed by atoms with Crippen LogP contribution in [-0.4, -0.2) is 36.0 Å². The molecule has 0 aromatic carbocycles. The Balaban J connectivity index is 1.80. The van der Waals surface area contributed by atoms with Crippen molar-refractivity contribution in [1.29, 1.82) is 0 Å². The number of aliphatic hydroxyl groups excluding tert-OH is 1. The fourth-order valence-corrected chi connectivity index (χ4v) is 1.96. The molecule has 2 rings (SSSR count). The number of hydrogen-bond acceptors (Lipinski definition) is 3. The van der Waals surface area contributed by atoms with Crippen molar-refractivity contribution >= 4 is 0 Å². The SMILES string of the molecule is CC1CCC(C(CO)NC2CC2)O1. The van der Waals surface area contributed by atoms with Crippen molar-refractivity contribution in [2.45, 2.75) is 56.9 Å². The van der Waals surface area contributed by atoms with Gasteiger partial charge in [-0.2, -0.15) is 0 Å². The van der Waals surface area contributed by atoms with Gasteiger partial charge in [0.05, 0.1) is 24.9 Å². The lowest BCUT2D eigenvalue weighted by atomic mass is 10.1. The molecule has 3 heteroatoms. The van der Waals surface area contributed by atoms with E-state index in [2.05, 4.69) is 12.2 Å². The van der Waals surface area contributed by atoms with Crippen molar-refractivity contribution in [2.24, 2.45) is 0 Å². The maximum Gasteiger partial charge on any atom is 0.0755 e. The molecule has 0 aromatic rings. The molecule has 13 heavy (non-hydrogen) atoms. The second-order valence-electron chi connectivity index (χ2n) is 4.29. The molecule has 1 saturated heterocycles. The third kappa shape index (κ3) is 2.42. The van der Waals surface area contributed by atoms with E-state index in [1.54, 1.807) is 0 Å². The molecule has 0 aromatic heterocycles. The predicted octanol–water partition coefficient (Wildman–Crippen LogP) is 0.667. The first-order valence-corrected chi connectivity index (χ1v) is 5.32. The average Bonchev–Trinajstić information content (AvgIpc) is 2.84. The Bertz CT molecular complexity index is 170. The minimum absolute atomic E-state index is 0.164. The third-order valence-corrected chi connectivity index (χ3v) is 2.94. The molecule has 1 saturated carbocycles. The van der Waals surface area contributed by atoms with Crippen LogP contribution in [0.5, 0.6) is 0 Å². The van der Waals surface area contributed by atoms with Gasteiger partial charge in [0.1, 0.15) is 0 Å². The third-order valence-electron chi connectivity index (χ3n) is 2.94. The van der Waals surface area contributed by atoms with Crippen molar-refractivity contribution in [1.82, 2.24) is 5.32 Å². The number of aliphatic hydroxyl groups is 1. The van der Waals surface area contributed by atoms with Gasteiger partial charge in [0.2, 0.25) is 0 Å². The van der Waals surface area contributed by atoms with Crippen LogP contribution in [0.3, 0.4) is 0 Å². The maximum absolute atomic E-state index is 9.21. The Morgan fingerprint density at radius 3 is 2.62 bits per heavy atom. The Hall–Kier alpha value is -0.120. The molecule has 3 atom stereocenters. The van der Waals surface area contributed by atoms with E-state index in [1.165, 1.54) is 12.8 Å². The molecule has 3 nitrogen and oxygen atoms in total. The van der Waals surface area contributed by atoms with Gasteiger partial charge in [-0.05, 0) is 32.6 Å². The van der Waals surface area contributed by atoms with Crippen LogP contribution in [0.4, 0.5) is 0 Å². The summed E-state index contributed by atoms with van der Waals surface area (Å²) in [6.07, 6.45) is 5.36. The first kappa shape index (κ1) is 9.44. The van der Waals surface area contributed by atoms with Crippen molar-refractivity contribution in [3.63, 3.8) is 0 Å². The molecular formula is C10H19NO2. The van der Waals surface area contributed by atoms with Gasteiger partial charge in [0, 0.05) is 6.04 Å². The van der Waals surface area contributed by atoms with Crippen LogP contribution in [0.25, 0.3) is 0 Å². The zero-order chi connectivity index (χ0) is 9.26. The highest BCUT2D eigenvalue weighted by Crippen LogP contribution is 2.25. The lowest BCUT2D eigenvalue weighted by Gasteiger charge is -2.22. The summed E-state index contributed by atoms with van der Waals surface area (Å²) in [5.74, 6) is 0. The Kier molecular flexibility index (Phi) is 2.86. The minimum atomic E-state index is 0.164. The van der Waals surface area contributed by atoms with Crippen molar-refractivity contribution < 1.29 is 9.84 Å². The van der Waals surface area contributed by atoms with E-state index in [1.807, 2.05) is 0 Å². The maximum atomic E-state index is 9.21. The molecule has 0 bridgehead atoms. The number of ether oxygens (including phenoxy) is 1. The summed E-state index contributed by atoms with van der Waals surface area (Å²) in [7, 11) is 0. The topological polar surface area (TPSA) is 41.5 Å². The Morgan fingerprint density at radius 2 is 2.15 bits per heavy atom. The zero-order valence-corrected chi connectivity index (χ0v) is 8.20. The second kappa shape index (κ2) is 3.95. The van der Waals surface area contributed by atoms with E-state index in [-0.39, 0.29) is 18.8 Å². The molecule has 2 aliphatic rings. The monoisotopic (exact) mass is 185 g/mol. The lowest BCUT2D eigenvalue weighted by Crippen LogP contribution is -2.43. The molecule has 0 spiro atoms. The molecule has 0 radical (unpaired) electrons. The summed E-state index contributed by atoms with van der Waals surface area (Å²) < 4.78 is 5.72. The standard InChI is InChI=1S/C10H19NO2/c1-7-2-5-10(13-7)9(6-12)11-8-3-4-8/h7-12H,2-6H2,1H3. The van der Waals surface area contributed by atoms with Crippen LogP contribution in [0, 0.1) is 0 Å². The van der Waals surface area contributed by atoms with Gasteiger partial charge >= 0.3 is 0 Å². The van der Waals surface area contributed by atoms with Crippen molar-refractivity contribution in [2.75, 3.05) is 6.61 Å². The zero-order valence-electron chi connectivity index (χ0n) is 8.20. The summed E-state index contributed by atoms with van der Waals surface area (Å²) in [6, 6.07) is 0.814. The van der Waals surface area contributed by atoms with Gasteiger partial charge in [-0.3, -0.25) is 0 Å². The highest BCUT2D eigenvalue weighted by molar-refractivity contribution is 4.90. The number of rotatable bonds is 4. The largest absolute Gasteiger partial charge is 0.395 e. The van der Waals surface area contributed by atoms with E-state index in [0.717, 1.165) is 12.8 Å². The summed E-state index contributed by atoms with van der Waals surface area (Å²) in [4.78, 5) is 0. The van der Waals surface area contributed by atoms with Gasteiger partial charge in [-0.25, -0.2) is 0 Å². The summed E-state index contributed by atoms with van der Waals surface area (Å²) in [5.41, 5.74) is 0. The van der Waals surface area contributed by atoms with E-state index in [0.29, 0.717) is 12.1 Å². The first-order valence-electron chi connectivity index (χ1n) is 5.32. The second-order valence-corrected chi connectivity index (χ2v) is 4.29. The van der Waals surface area contributed by atoms with Gasteiger partial charge in [0.15, 0.2) is 0 Å². The molecule has 1 aliphatic heterocycles. The van der Waals surface area contributed by atoms with Crippen LogP contribution in [0.2, 0.25) is 0 Å². The molecule has 3 unspecified atom stereocenters. The highest BCUT2D eigenvalue weighted by Gasteiger charge is 2.33. The molecule has 1 heterocycles. The molecular weight excluding hydrogens is 166 g/mol. The van der Waals surface area contributed by atoms with E-state index in [4.69, 9.17) is 4.74 Å². The lowest BCUT2D eigenvalue weighted by molar-refractivity contribution is 0.0169. The first-order chi connectivity index (χ1) is 6.29. The van der Waals surface area contributed by atoms with Crippen molar-refractivity contribution in [3.8, 4) is 0 Å². The molecule has 76 valence electrons. The predicted molar refractivity (Wildman–Crippen MR) is 50.6 cm³/mol. The quantitative estimate of drug-likeness (QED) is 0.676. The van der Waals surface area contributed by atoms with Crippen LogP contribution >= 0.6 is 0 Å². The number of hydrogen-bond donors (Lipinski definition) is 2. The number of nitrogens with one attached hydrogen (secondary N) is 1. The fraction of sp³-hybridized carbons (Fsp3) is 1.00. The highest BCUT2D eigenvalue weighted by atomic mass is 16.5. The van der Waals surface area contributed by atoms with E-state index in [9.17, 15) is 5.11 Å². The van der Waals surface area contributed by atoms with E-state index >= 15 is 0 Å². The average molecular weight is 185 g/mol. The van der Waals surface area contributed by atoms with Gasteiger partial charge in [0.25, 0.3) is 0 Å². The molecule has 2 fully saturated rings. The van der Waals surface area contributed by atoms with E-state index < -0.39 is 0 Å². The summed E-state index contributed by atoms with van der Waals surface area (Å²) in [6.45, 7) is 2.31. The normalized spacial score (nSPS) is 36.5. The Morgan fingerprint density at radius 1 is 1.38 bits per heavy atom. The van der Waals surface area contributed by atoms with Crippen LogP contribution in [0.1, 0.15) is 32.6 Å². The molecule has 0 amide bonds. The minimum Gasteiger partial charge on any atom is -0.395 e.